The Balaban J connectivity index is 2.51. The third kappa shape index (κ3) is 4.19. The fourth-order valence-electron chi connectivity index (χ4n) is 1.26. The molecule has 0 aromatic rings. The molecular formula is C7H16Cl2N3O2P. The zero-order chi connectivity index (χ0) is 11.1. The molecule has 1 unspecified atom stereocenters. The van der Waals surface area contributed by atoms with E-state index >= 15 is 0 Å². The quantitative estimate of drug-likeness (QED) is 0.567. The fourth-order valence-corrected chi connectivity index (χ4v) is 3.44. The van der Waals surface area contributed by atoms with Crippen molar-refractivity contribution in [3.8, 4) is 0 Å². The molecule has 8 heteroatoms. The molecule has 0 saturated carbocycles. The molecule has 90 valence electrons. The van der Waals surface area contributed by atoms with E-state index in [9.17, 15) is 4.57 Å². The zero-order valence-corrected chi connectivity index (χ0v) is 10.8. The van der Waals surface area contributed by atoms with Crippen LogP contribution in [0.25, 0.3) is 0 Å². The Kier molecular flexibility index (Phi) is 6.46. The number of alkyl halides is 2. The fraction of sp³-hybridized carbons (Fsp3) is 1.00. The lowest BCUT2D eigenvalue weighted by Crippen LogP contribution is -2.44. The van der Waals surface area contributed by atoms with Crippen molar-refractivity contribution in [2.24, 2.45) is 0 Å². The van der Waals surface area contributed by atoms with Gasteiger partial charge in [-0.15, -0.1) is 23.2 Å². The predicted molar refractivity (Wildman–Crippen MR) is 62.3 cm³/mol. The van der Waals surface area contributed by atoms with Crippen molar-refractivity contribution in [1.29, 1.82) is 0 Å². The Labute approximate surface area is 100.0 Å². The van der Waals surface area contributed by atoms with Gasteiger partial charge in [-0.05, 0) is 6.42 Å². The Morgan fingerprint density at radius 1 is 1.33 bits per heavy atom. The Morgan fingerprint density at radius 2 is 2.07 bits per heavy atom. The van der Waals surface area contributed by atoms with Crippen LogP contribution in [0.5, 0.6) is 0 Å². The van der Waals surface area contributed by atoms with E-state index in [2.05, 4.69) is 10.5 Å². The number of nitrogens with one attached hydrogen (secondary N) is 2. The van der Waals surface area contributed by atoms with Gasteiger partial charge >= 0.3 is 7.67 Å². The van der Waals surface area contributed by atoms with Crippen molar-refractivity contribution >= 4 is 30.9 Å². The summed E-state index contributed by atoms with van der Waals surface area (Å²) in [7, 11) is -2.94. The summed E-state index contributed by atoms with van der Waals surface area (Å²) in [5, 5.41) is 2.83. The minimum Gasteiger partial charge on any atom is -0.305 e. The maximum absolute atomic E-state index is 12.3. The smallest absolute Gasteiger partial charge is 0.305 e. The molecule has 1 heterocycles. The van der Waals surface area contributed by atoms with Gasteiger partial charge in [0.05, 0.1) is 6.61 Å². The standard InChI is InChI=1S/C7H16Cl2N3O2P/c8-2-4-10-12-6-1-7-14-15(12,13)11-5-3-9/h10H,1-7H2,(H,11,13). The van der Waals surface area contributed by atoms with Gasteiger partial charge < -0.3 is 4.52 Å². The molecule has 2 N–H and O–H groups in total. The molecule has 1 saturated heterocycles. The third-order valence-electron chi connectivity index (χ3n) is 1.89. The average Bonchev–Trinajstić information content (AvgIpc) is 2.25. The SMILES string of the molecule is O=P1(NCCCl)OCCCN1NCCCl. The van der Waals surface area contributed by atoms with Gasteiger partial charge in [0, 0.05) is 31.4 Å². The first-order chi connectivity index (χ1) is 7.23. The second kappa shape index (κ2) is 7.07. The molecule has 1 aliphatic heterocycles. The Hall–Kier alpha value is 0.650. The summed E-state index contributed by atoms with van der Waals surface area (Å²) in [4.78, 5) is 0. The van der Waals surface area contributed by atoms with Gasteiger partial charge in [0.1, 0.15) is 0 Å². The number of hydrogen-bond donors (Lipinski definition) is 2. The van der Waals surface area contributed by atoms with Crippen molar-refractivity contribution < 1.29 is 9.09 Å². The van der Waals surface area contributed by atoms with Crippen molar-refractivity contribution in [2.45, 2.75) is 6.42 Å². The summed E-state index contributed by atoms with van der Waals surface area (Å²) in [5.74, 6) is 0.864. The van der Waals surface area contributed by atoms with E-state index in [1.165, 1.54) is 0 Å². The van der Waals surface area contributed by atoms with Crippen LogP contribution < -0.4 is 10.5 Å². The second-order valence-electron chi connectivity index (χ2n) is 3.02. The molecule has 1 rings (SSSR count). The summed E-state index contributed by atoms with van der Waals surface area (Å²) in [6.07, 6.45) is 0.849. The average molecular weight is 276 g/mol. The van der Waals surface area contributed by atoms with E-state index in [1.54, 1.807) is 4.78 Å². The van der Waals surface area contributed by atoms with Gasteiger partial charge in [-0.25, -0.2) is 10.5 Å². The van der Waals surface area contributed by atoms with Crippen molar-refractivity contribution in [1.82, 2.24) is 15.3 Å². The molecule has 0 radical (unpaired) electrons. The monoisotopic (exact) mass is 275 g/mol. The van der Waals surface area contributed by atoms with E-state index in [-0.39, 0.29) is 0 Å². The molecule has 5 nitrogen and oxygen atoms in total. The van der Waals surface area contributed by atoms with Gasteiger partial charge in [-0.2, -0.15) is 4.78 Å². The lowest BCUT2D eigenvalue weighted by atomic mass is 10.5. The molecule has 0 aliphatic carbocycles. The normalized spacial score (nSPS) is 28.1. The molecule has 0 aromatic carbocycles. The van der Waals surface area contributed by atoms with Crippen LogP contribution in [-0.2, 0) is 9.09 Å². The van der Waals surface area contributed by atoms with Crippen LogP contribution in [0.15, 0.2) is 0 Å². The topological polar surface area (TPSA) is 53.6 Å². The van der Waals surface area contributed by atoms with Gasteiger partial charge in [0.2, 0.25) is 0 Å². The molecule has 0 aromatic heterocycles. The van der Waals surface area contributed by atoms with Crippen LogP contribution >= 0.6 is 30.9 Å². The molecule has 0 spiro atoms. The summed E-state index contributed by atoms with van der Waals surface area (Å²) in [6.45, 7) is 2.21. The van der Waals surface area contributed by atoms with E-state index < -0.39 is 7.67 Å². The van der Waals surface area contributed by atoms with Crippen LogP contribution in [-0.4, -0.2) is 42.8 Å². The van der Waals surface area contributed by atoms with Crippen LogP contribution in [0.1, 0.15) is 6.42 Å². The Morgan fingerprint density at radius 3 is 2.73 bits per heavy atom. The van der Waals surface area contributed by atoms with Crippen molar-refractivity contribution in [3.63, 3.8) is 0 Å². The number of nitrogens with zero attached hydrogens (tertiary/aromatic N) is 1. The van der Waals surface area contributed by atoms with E-state index in [0.717, 1.165) is 6.42 Å². The largest absolute Gasteiger partial charge is 0.356 e. The predicted octanol–water partition coefficient (Wildman–Crippen LogP) is 1.39. The van der Waals surface area contributed by atoms with Gasteiger partial charge in [0.15, 0.2) is 0 Å². The Bertz CT molecular complexity index is 232. The maximum atomic E-state index is 12.3. The highest BCUT2D eigenvalue weighted by atomic mass is 35.5. The molecule has 15 heavy (non-hydrogen) atoms. The lowest BCUT2D eigenvalue weighted by Gasteiger charge is -2.34. The van der Waals surface area contributed by atoms with Crippen LogP contribution in [0.4, 0.5) is 0 Å². The molecule has 0 bridgehead atoms. The maximum Gasteiger partial charge on any atom is 0.356 e. The van der Waals surface area contributed by atoms with E-state index in [1.807, 2.05) is 0 Å². The minimum absolute atomic E-state index is 0.400. The molecule has 1 fully saturated rings. The van der Waals surface area contributed by atoms with Gasteiger partial charge in [0.25, 0.3) is 0 Å². The zero-order valence-electron chi connectivity index (χ0n) is 8.42. The summed E-state index contributed by atoms with van der Waals surface area (Å²) >= 11 is 11.1. The molecular weight excluding hydrogens is 260 g/mol. The molecule has 0 amide bonds. The number of hydrazine groups is 1. The molecule has 1 atom stereocenters. The van der Waals surface area contributed by atoms with E-state index in [4.69, 9.17) is 27.7 Å². The number of hydrogen-bond acceptors (Lipinski definition) is 3. The van der Waals surface area contributed by atoms with Crippen molar-refractivity contribution in [3.05, 3.63) is 0 Å². The van der Waals surface area contributed by atoms with Crippen LogP contribution in [0, 0.1) is 0 Å². The molecule has 1 aliphatic rings. The highest BCUT2D eigenvalue weighted by Crippen LogP contribution is 2.47. The van der Waals surface area contributed by atoms with E-state index in [0.29, 0.717) is 38.0 Å². The first-order valence-corrected chi connectivity index (χ1v) is 7.51. The highest BCUT2D eigenvalue weighted by Gasteiger charge is 2.34. The lowest BCUT2D eigenvalue weighted by molar-refractivity contribution is 0.168. The number of halogens is 2. The first kappa shape index (κ1) is 13.7. The first-order valence-electron chi connectivity index (χ1n) is 4.86. The summed E-state index contributed by atoms with van der Waals surface area (Å²) in [5.41, 5.74) is 2.98. The summed E-state index contributed by atoms with van der Waals surface area (Å²) < 4.78 is 19.1. The summed E-state index contributed by atoms with van der Waals surface area (Å²) in [6, 6.07) is 0. The van der Waals surface area contributed by atoms with Crippen LogP contribution in [0.3, 0.4) is 0 Å². The van der Waals surface area contributed by atoms with Gasteiger partial charge in [-0.3, -0.25) is 4.57 Å². The second-order valence-corrected chi connectivity index (χ2v) is 5.88. The highest BCUT2D eigenvalue weighted by molar-refractivity contribution is 7.54. The number of rotatable bonds is 6. The minimum atomic E-state index is -2.94. The van der Waals surface area contributed by atoms with Gasteiger partial charge in [-0.1, -0.05) is 0 Å². The third-order valence-corrected chi connectivity index (χ3v) is 4.40. The van der Waals surface area contributed by atoms with Crippen LogP contribution in [0.2, 0.25) is 0 Å². The van der Waals surface area contributed by atoms with Crippen molar-refractivity contribution in [2.75, 3.05) is 38.0 Å².